The molecule has 0 amide bonds. The van der Waals surface area contributed by atoms with Crippen LogP contribution >= 0.6 is 0 Å². The van der Waals surface area contributed by atoms with E-state index >= 15 is 0 Å². The van der Waals surface area contributed by atoms with Crippen molar-refractivity contribution in [1.82, 2.24) is 29.5 Å². The Kier molecular flexibility index (Phi) is 8.47. The third kappa shape index (κ3) is 4.50. The summed E-state index contributed by atoms with van der Waals surface area (Å²) in [6.45, 7) is 0.379. The van der Waals surface area contributed by atoms with E-state index < -0.39 is 22.8 Å². The van der Waals surface area contributed by atoms with E-state index in [1.54, 1.807) is 0 Å². The number of H-pyrrole nitrogens is 2. The summed E-state index contributed by atoms with van der Waals surface area (Å²) in [6, 6.07) is 0. The van der Waals surface area contributed by atoms with Gasteiger partial charge in [-0.2, -0.15) is 0 Å². The molecule has 12 heteroatoms. The van der Waals surface area contributed by atoms with E-state index in [-0.39, 0.29) is 72.2 Å². The first-order valence-corrected chi connectivity index (χ1v) is 5.24. The molecule has 2 aromatic rings. The number of unbranched alkanes of at least 4 members (excludes halogenated alkanes) is 1. The first-order valence-electron chi connectivity index (χ1n) is 5.24. The topological polar surface area (TPSA) is 138 Å². The normalized spacial score (nSPS) is 9.80. The Morgan fingerprint density at radius 3 is 1.35 bits per heavy atom. The maximum absolute atomic E-state index is 11.1. The Hall–Kier alpha value is -0.520. The first-order chi connectivity index (χ1) is 8.59. The average molecular weight is 300 g/mol. The third-order valence-electron chi connectivity index (χ3n) is 2.46. The van der Waals surface area contributed by atoms with Gasteiger partial charge in [0.1, 0.15) is 0 Å². The molecule has 0 aliphatic heterocycles. The van der Waals surface area contributed by atoms with E-state index in [4.69, 9.17) is 0 Å². The van der Waals surface area contributed by atoms with Gasteiger partial charge in [0, 0.05) is 0 Å². The summed E-state index contributed by atoms with van der Waals surface area (Å²) in [6.07, 6.45) is 0.928. The van der Waals surface area contributed by atoms with Crippen molar-refractivity contribution in [2.75, 3.05) is 0 Å². The van der Waals surface area contributed by atoms with Crippen molar-refractivity contribution in [2.24, 2.45) is 0 Å². The summed E-state index contributed by atoms with van der Waals surface area (Å²) in [5.41, 5.74) is -2.40. The molecular weight excluding hydrogens is 290 g/mol. The largest absolute Gasteiger partial charge is 1.00 e. The number of hydrogen-bond donors (Lipinski definition) is 2. The Bertz CT molecular complexity index is 627. The fraction of sp³-hybridized carbons (Fsp3) is 0.500. The van der Waals surface area contributed by atoms with Gasteiger partial charge < -0.3 is 29.5 Å². The summed E-state index contributed by atoms with van der Waals surface area (Å²) >= 11 is 0. The Morgan fingerprint density at radius 2 is 1.10 bits per heavy atom. The van der Waals surface area contributed by atoms with Crippen LogP contribution in [0.25, 0.3) is 0 Å². The van der Waals surface area contributed by atoms with Gasteiger partial charge in [0.15, 0.2) is 11.4 Å². The van der Waals surface area contributed by atoms with Crippen LogP contribution < -0.4 is 92.1 Å². The zero-order chi connectivity index (χ0) is 13.1. The van der Waals surface area contributed by atoms with Crippen LogP contribution in [0.2, 0.25) is 0 Å². The van der Waals surface area contributed by atoms with Gasteiger partial charge >= 0.3 is 59.1 Å². The molecule has 0 atom stereocenters. The van der Waals surface area contributed by atoms with Crippen LogP contribution in [-0.4, -0.2) is 19.3 Å². The Labute approximate surface area is 155 Å². The molecule has 2 N–H and O–H groups in total. The molecule has 20 heavy (non-hydrogen) atoms. The van der Waals surface area contributed by atoms with Crippen LogP contribution in [0.15, 0.2) is 19.2 Å². The fourth-order valence-corrected chi connectivity index (χ4v) is 1.54. The van der Waals surface area contributed by atoms with Crippen molar-refractivity contribution in [3.8, 4) is 0 Å². The van der Waals surface area contributed by atoms with Gasteiger partial charge in [-0.1, -0.05) is 12.8 Å². The van der Waals surface area contributed by atoms with Gasteiger partial charge in [-0.25, -0.2) is 0 Å². The Morgan fingerprint density at radius 1 is 0.750 bits per heavy atom. The van der Waals surface area contributed by atoms with Gasteiger partial charge in [0.25, 0.3) is 0 Å². The summed E-state index contributed by atoms with van der Waals surface area (Å²) in [5, 5.41) is 10.5. The summed E-state index contributed by atoms with van der Waals surface area (Å²) in [5.74, 6) is 0. The van der Waals surface area contributed by atoms with Crippen LogP contribution in [0, 0.1) is 0 Å². The van der Waals surface area contributed by atoms with Crippen molar-refractivity contribution < 1.29 is 59.1 Å². The van der Waals surface area contributed by atoms with Crippen LogP contribution in [0.3, 0.4) is 0 Å². The molecule has 0 spiro atoms. The van der Waals surface area contributed by atoms with Gasteiger partial charge in [0.2, 0.25) is 11.4 Å². The van der Waals surface area contributed by atoms with Gasteiger partial charge in [-0.05, 0) is 13.1 Å². The molecule has 98 valence electrons. The standard InChI is InChI=1S/C8H12N6O4.2Na/c15-5-9-10-6(16)13(5)3-1-2-4-14-7(17)11-12-8(14)18;;/h1-4H2,(H4,9,10,11,12,15,16,17,18);;/q;2*+1/p-2. The molecular formula is C8H10N6Na2O4. The smallest absolute Gasteiger partial charge is 0.363 e. The second kappa shape index (κ2) is 8.70. The van der Waals surface area contributed by atoms with Crippen LogP contribution in [-0.2, 0) is 13.1 Å². The summed E-state index contributed by atoms with van der Waals surface area (Å²) < 4.78 is 1.91. The zero-order valence-corrected chi connectivity index (χ0v) is 15.3. The number of hydrogen-bond acceptors (Lipinski definition) is 4. The van der Waals surface area contributed by atoms with E-state index in [0.717, 1.165) is 9.13 Å². The minimum atomic E-state index is -0.634. The van der Waals surface area contributed by atoms with Gasteiger partial charge in [0.05, 0.1) is 0 Å². The van der Waals surface area contributed by atoms with Crippen LogP contribution in [0.1, 0.15) is 12.8 Å². The van der Waals surface area contributed by atoms with Crippen molar-refractivity contribution in [1.29, 1.82) is 0 Å². The first kappa shape index (κ1) is 19.5. The van der Waals surface area contributed by atoms with Crippen molar-refractivity contribution >= 4 is 0 Å². The molecule has 0 saturated carbocycles. The number of aromatic nitrogens is 6. The number of nitrogens with zero attached hydrogens (tertiary/aromatic N) is 4. The van der Waals surface area contributed by atoms with E-state index in [1.807, 2.05) is 10.2 Å². The van der Waals surface area contributed by atoms with E-state index in [1.165, 1.54) is 0 Å². The maximum Gasteiger partial charge on any atom is 1.00 e. The minimum Gasteiger partial charge on any atom is -0.363 e. The van der Waals surface area contributed by atoms with Crippen molar-refractivity contribution in [2.45, 2.75) is 25.9 Å². The second-order valence-electron chi connectivity index (χ2n) is 3.63. The number of rotatable bonds is 5. The molecule has 0 aliphatic rings. The molecule has 0 aliphatic carbocycles. The summed E-state index contributed by atoms with van der Waals surface area (Å²) in [7, 11) is 0. The predicted octanol–water partition coefficient (Wildman–Crippen LogP) is -9.21. The van der Waals surface area contributed by atoms with Crippen molar-refractivity contribution in [3.63, 3.8) is 0 Å². The molecule has 10 nitrogen and oxygen atoms in total. The van der Waals surface area contributed by atoms with E-state index in [2.05, 4.69) is 10.2 Å². The van der Waals surface area contributed by atoms with Crippen molar-refractivity contribution in [3.05, 3.63) is 41.9 Å². The number of nitrogens with one attached hydrogen (secondary N) is 2. The van der Waals surface area contributed by atoms with Crippen LogP contribution in [0.5, 0.6) is 0 Å². The van der Waals surface area contributed by atoms with Crippen LogP contribution in [0.4, 0.5) is 0 Å². The minimum absolute atomic E-state index is 0. The number of aromatic amines is 2. The molecule has 0 bridgehead atoms. The monoisotopic (exact) mass is 300 g/mol. The molecule has 0 fully saturated rings. The van der Waals surface area contributed by atoms with E-state index in [0.29, 0.717) is 12.8 Å². The molecule has 2 aromatic heterocycles. The molecule has 2 rings (SSSR count). The fourth-order valence-electron chi connectivity index (χ4n) is 1.54. The quantitative estimate of drug-likeness (QED) is 0.415. The second-order valence-corrected chi connectivity index (χ2v) is 3.63. The zero-order valence-electron chi connectivity index (χ0n) is 11.3. The predicted molar refractivity (Wildman–Crippen MR) is 58.5 cm³/mol. The van der Waals surface area contributed by atoms with E-state index in [9.17, 15) is 19.2 Å². The molecule has 0 unspecified atom stereocenters. The average Bonchev–Trinajstić information content (AvgIpc) is 2.82. The molecule has 2 heterocycles. The third-order valence-corrected chi connectivity index (χ3v) is 2.46. The SMILES string of the molecule is O=c1[n-][nH]c(=O)n1CCCCn1c(=O)[n-][nH]c1=O.[Na+].[Na+]. The Balaban J connectivity index is 0.00000180. The molecule has 0 radical (unpaired) electrons. The summed E-state index contributed by atoms with van der Waals surface area (Å²) in [4.78, 5) is 44.3. The maximum atomic E-state index is 11.1. The molecule has 0 saturated heterocycles. The van der Waals surface area contributed by atoms with Gasteiger partial charge in [-0.3, -0.25) is 19.2 Å². The van der Waals surface area contributed by atoms with Gasteiger partial charge in [-0.15, -0.1) is 0 Å². The molecule has 0 aromatic carbocycles.